The molecule has 0 aliphatic carbocycles. The lowest BCUT2D eigenvalue weighted by Gasteiger charge is -2.09. The highest BCUT2D eigenvalue weighted by molar-refractivity contribution is 7.99. The molecule has 0 aliphatic heterocycles. The third kappa shape index (κ3) is 4.71. The molecule has 3 N–H and O–H groups in total. The van der Waals surface area contributed by atoms with Crippen LogP contribution in [0.25, 0.3) is 0 Å². The van der Waals surface area contributed by atoms with Gasteiger partial charge in [-0.3, -0.25) is 0 Å². The number of aliphatic hydroxyl groups excluding tert-OH is 1. The molecule has 4 heteroatoms. The van der Waals surface area contributed by atoms with E-state index in [1.807, 2.05) is 6.26 Å². The summed E-state index contributed by atoms with van der Waals surface area (Å²) in [5.41, 5.74) is 5.33. The smallest absolute Gasteiger partial charge is 0.0764 e. The standard InChI is InChI=1S/C4H11NOS.ClH/c1-3(6)4(5)7-2;/h3-4,6H,5H2,1-2H3;1H. The van der Waals surface area contributed by atoms with Gasteiger partial charge in [0.2, 0.25) is 0 Å². The first kappa shape index (κ1) is 11.4. The number of aliphatic hydroxyl groups is 1. The van der Waals surface area contributed by atoms with Crippen molar-refractivity contribution in [3.05, 3.63) is 0 Å². The molecular weight excluding hydrogens is 146 g/mol. The van der Waals surface area contributed by atoms with Crippen LogP contribution in [-0.2, 0) is 0 Å². The topological polar surface area (TPSA) is 46.2 Å². The second kappa shape index (κ2) is 5.69. The lowest BCUT2D eigenvalue weighted by molar-refractivity contribution is 0.193. The van der Waals surface area contributed by atoms with E-state index in [1.54, 1.807) is 6.92 Å². The number of nitrogens with two attached hydrogens (primary N) is 1. The Hall–Kier alpha value is 0.560. The predicted octanol–water partition coefficient (Wildman–Crippen LogP) is 0.437. The number of halogens is 1. The van der Waals surface area contributed by atoms with E-state index in [1.165, 1.54) is 11.8 Å². The van der Waals surface area contributed by atoms with E-state index in [2.05, 4.69) is 0 Å². The van der Waals surface area contributed by atoms with Gasteiger partial charge in [-0.25, -0.2) is 0 Å². The summed E-state index contributed by atoms with van der Waals surface area (Å²) in [4.78, 5) is 0. The zero-order valence-electron chi connectivity index (χ0n) is 5.00. The van der Waals surface area contributed by atoms with Crippen molar-refractivity contribution in [1.82, 2.24) is 0 Å². The minimum absolute atomic E-state index is 0. The molecule has 0 aliphatic rings. The summed E-state index contributed by atoms with van der Waals surface area (Å²) in [6.45, 7) is 1.68. The summed E-state index contributed by atoms with van der Waals surface area (Å²) in [6, 6.07) is 0. The Kier molecular flexibility index (Phi) is 8.09. The summed E-state index contributed by atoms with van der Waals surface area (Å²) >= 11 is 1.46. The molecule has 0 radical (unpaired) electrons. The molecule has 0 rings (SSSR count). The van der Waals surface area contributed by atoms with Gasteiger partial charge in [0.15, 0.2) is 0 Å². The minimum atomic E-state index is -0.394. The number of hydrogen-bond acceptors (Lipinski definition) is 3. The lowest BCUT2D eigenvalue weighted by Crippen LogP contribution is -2.28. The van der Waals surface area contributed by atoms with Crippen LogP contribution in [0.3, 0.4) is 0 Å². The maximum Gasteiger partial charge on any atom is 0.0764 e. The minimum Gasteiger partial charge on any atom is -0.391 e. The van der Waals surface area contributed by atoms with Crippen LogP contribution in [0.5, 0.6) is 0 Å². The predicted molar refractivity (Wildman–Crippen MR) is 40.4 cm³/mol. The molecule has 52 valence electrons. The number of rotatable bonds is 2. The van der Waals surface area contributed by atoms with Crippen LogP contribution in [0.15, 0.2) is 0 Å². The van der Waals surface area contributed by atoms with Gasteiger partial charge in [-0.15, -0.1) is 24.2 Å². The van der Waals surface area contributed by atoms with Crippen LogP contribution in [0.1, 0.15) is 6.92 Å². The Morgan fingerprint density at radius 3 is 2.00 bits per heavy atom. The monoisotopic (exact) mass is 157 g/mol. The fourth-order valence-electron chi connectivity index (χ4n) is 0.197. The molecule has 0 aromatic rings. The van der Waals surface area contributed by atoms with Gasteiger partial charge < -0.3 is 10.8 Å². The summed E-state index contributed by atoms with van der Waals surface area (Å²) in [7, 11) is 0. The average Bonchev–Trinajstić information content (AvgIpc) is 1.65. The quantitative estimate of drug-likeness (QED) is 0.572. The van der Waals surface area contributed by atoms with Crippen molar-refractivity contribution < 1.29 is 5.11 Å². The van der Waals surface area contributed by atoms with Gasteiger partial charge in [0, 0.05) is 0 Å². The van der Waals surface area contributed by atoms with Crippen molar-refractivity contribution >= 4 is 24.2 Å². The molecule has 2 atom stereocenters. The Balaban J connectivity index is 0. The molecule has 0 amide bonds. The van der Waals surface area contributed by atoms with Crippen LogP contribution in [-0.4, -0.2) is 22.8 Å². The van der Waals surface area contributed by atoms with Crippen molar-refractivity contribution in [2.24, 2.45) is 5.73 Å². The van der Waals surface area contributed by atoms with Crippen molar-refractivity contribution in [3.8, 4) is 0 Å². The van der Waals surface area contributed by atoms with E-state index in [0.29, 0.717) is 0 Å². The summed E-state index contributed by atoms with van der Waals surface area (Å²) in [5, 5.41) is 8.55. The van der Waals surface area contributed by atoms with Crippen LogP contribution >= 0.6 is 24.2 Å². The SMILES string of the molecule is CSC(N)C(C)O.Cl. The van der Waals surface area contributed by atoms with Crippen LogP contribution in [0, 0.1) is 0 Å². The van der Waals surface area contributed by atoms with Gasteiger partial charge in [-0.05, 0) is 13.2 Å². The Morgan fingerprint density at radius 2 is 2.00 bits per heavy atom. The van der Waals surface area contributed by atoms with Crippen LogP contribution in [0.2, 0.25) is 0 Å². The fourth-order valence-corrected chi connectivity index (χ4v) is 0.591. The van der Waals surface area contributed by atoms with Gasteiger partial charge in [-0.2, -0.15) is 0 Å². The third-order valence-corrected chi connectivity index (χ3v) is 1.69. The zero-order valence-corrected chi connectivity index (χ0v) is 6.63. The van der Waals surface area contributed by atoms with E-state index < -0.39 is 6.10 Å². The maximum absolute atomic E-state index is 8.68. The van der Waals surface area contributed by atoms with E-state index in [4.69, 9.17) is 10.8 Å². The molecule has 8 heavy (non-hydrogen) atoms. The van der Waals surface area contributed by atoms with Gasteiger partial charge in [-0.1, -0.05) is 0 Å². The van der Waals surface area contributed by atoms with E-state index in [0.717, 1.165) is 0 Å². The first-order chi connectivity index (χ1) is 3.18. The molecule has 0 aromatic carbocycles. The second-order valence-electron chi connectivity index (χ2n) is 1.44. The highest BCUT2D eigenvalue weighted by Crippen LogP contribution is 2.02. The first-order valence-corrected chi connectivity index (χ1v) is 3.43. The highest BCUT2D eigenvalue weighted by atomic mass is 35.5. The molecule has 2 nitrogen and oxygen atoms in total. The van der Waals surface area contributed by atoms with E-state index in [-0.39, 0.29) is 17.8 Å². The van der Waals surface area contributed by atoms with Crippen molar-refractivity contribution in [3.63, 3.8) is 0 Å². The molecule has 0 spiro atoms. The molecular formula is C4H12ClNOS. The first-order valence-electron chi connectivity index (χ1n) is 2.15. The average molecular weight is 158 g/mol. The second-order valence-corrected chi connectivity index (χ2v) is 2.46. The van der Waals surface area contributed by atoms with Crippen LogP contribution in [0.4, 0.5) is 0 Å². The summed E-state index contributed by atoms with van der Waals surface area (Å²) < 4.78 is 0. The Morgan fingerprint density at radius 1 is 1.62 bits per heavy atom. The van der Waals surface area contributed by atoms with Gasteiger partial charge >= 0.3 is 0 Å². The van der Waals surface area contributed by atoms with Crippen LogP contribution < -0.4 is 5.73 Å². The third-order valence-electron chi connectivity index (χ3n) is 0.748. The normalized spacial score (nSPS) is 16.5. The summed E-state index contributed by atoms with van der Waals surface area (Å²) in [5.74, 6) is 0. The maximum atomic E-state index is 8.68. The van der Waals surface area contributed by atoms with Gasteiger partial charge in [0.05, 0.1) is 11.5 Å². The van der Waals surface area contributed by atoms with Gasteiger partial charge in [0.1, 0.15) is 0 Å². The molecule has 0 saturated heterocycles. The summed E-state index contributed by atoms with van der Waals surface area (Å²) in [6.07, 6.45) is 1.48. The molecule has 0 heterocycles. The molecule has 0 saturated carbocycles. The fraction of sp³-hybridized carbons (Fsp3) is 1.00. The van der Waals surface area contributed by atoms with E-state index >= 15 is 0 Å². The van der Waals surface area contributed by atoms with E-state index in [9.17, 15) is 0 Å². The van der Waals surface area contributed by atoms with Crippen molar-refractivity contribution in [2.45, 2.75) is 18.4 Å². The largest absolute Gasteiger partial charge is 0.391 e. The number of hydrogen-bond donors (Lipinski definition) is 2. The lowest BCUT2D eigenvalue weighted by atomic mass is 10.4. The molecule has 0 fully saturated rings. The molecule has 2 unspecified atom stereocenters. The Labute approximate surface area is 60.2 Å². The Bertz CT molecular complexity index is 53.3. The van der Waals surface area contributed by atoms with Gasteiger partial charge in [0.25, 0.3) is 0 Å². The van der Waals surface area contributed by atoms with Crippen molar-refractivity contribution in [1.29, 1.82) is 0 Å². The molecule has 0 bridgehead atoms. The highest BCUT2D eigenvalue weighted by Gasteiger charge is 2.04. The number of thioether (sulfide) groups is 1. The molecule has 0 aromatic heterocycles. The zero-order chi connectivity index (χ0) is 5.86. The van der Waals surface area contributed by atoms with Crippen molar-refractivity contribution in [2.75, 3.05) is 6.26 Å².